The first-order valence-corrected chi connectivity index (χ1v) is 5.87. The highest BCUT2D eigenvalue weighted by Crippen LogP contribution is 2.24. The van der Waals surface area contributed by atoms with E-state index in [-0.39, 0.29) is 19.1 Å². The fourth-order valence-electron chi connectivity index (χ4n) is 1.96. The molecule has 0 spiro atoms. The molecule has 0 aromatic heterocycles. The Balaban J connectivity index is 4.00. The van der Waals surface area contributed by atoms with Crippen LogP contribution < -0.4 is 0 Å². The maximum Gasteiger partial charge on any atom is 0.0462 e. The van der Waals surface area contributed by atoms with Gasteiger partial charge in [-0.25, -0.2) is 0 Å². The van der Waals surface area contributed by atoms with Gasteiger partial charge in [0.25, 0.3) is 0 Å². The number of aliphatic hydroxyl groups is 2. The normalized spacial score (nSPS) is 15.9. The molecular weight excluding hydrogens is 176 g/mol. The third-order valence-electron chi connectivity index (χ3n) is 2.84. The second-order valence-corrected chi connectivity index (χ2v) is 4.66. The lowest BCUT2D eigenvalue weighted by molar-refractivity contribution is 0.0983. The third-order valence-corrected chi connectivity index (χ3v) is 2.84. The maximum absolute atomic E-state index is 9.26. The summed E-state index contributed by atoms with van der Waals surface area (Å²) < 4.78 is 0. The van der Waals surface area contributed by atoms with E-state index >= 15 is 0 Å². The summed E-state index contributed by atoms with van der Waals surface area (Å²) >= 11 is 0. The van der Waals surface area contributed by atoms with E-state index in [1.54, 1.807) is 0 Å². The molecule has 0 aromatic rings. The minimum atomic E-state index is 0.215. The highest BCUT2D eigenvalue weighted by molar-refractivity contribution is 4.70. The molecule has 0 saturated heterocycles. The van der Waals surface area contributed by atoms with Crippen LogP contribution in [0.5, 0.6) is 0 Å². The van der Waals surface area contributed by atoms with Crippen molar-refractivity contribution in [3.63, 3.8) is 0 Å². The Morgan fingerprint density at radius 1 is 1.00 bits per heavy atom. The average molecular weight is 202 g/mol. The lowest BCUT2D eigenvalue weighted by Crippen LogP contribution is -2.23. The molecule has 2 atom stereocenters. The average Bonchev–Trinajstić information content (AvgIpc) is 2.16. The molecular formula is C12H26O2. The van der Waals surface area contributed by atoms with Gasteiger partial charge in [0, 0.05) is 13.2 Å². The van der Waals surface area contributed by atoms with Crippen molar-refractivity contribution in [3.05, 3.63) is 0 Å². The van der Waals surface area contributed by atoms with E-state index in [4.69, 9.17) is 0 Å². The summed E-state index contributed by atoms with van der Waals surface area (Å²) in [7, 11) is 0. The molecule has 0 amide bonds. The predicted octanol–water partition coefficient (Wildman–Crippen LogP) is 2.44. The molecule has 0 fully saturated rings. The van der Waals surface area contributed by atoms with Crippen molar-refractivity contribution >= 4 is 0 Å². The van der Waals surface area contributed by atoms with Crippen molar-refractivity contribution in [1.29, 1.82) is 0 Å². The first-order chi connectivity index (χ1) is 6.65. The fraction of sp³-hybridized carbons (Fsp3) is 1.00. The first-order valence-electron chi connectivity index (χ1n) is 5.87. The van der Waals surface area contributed by atoms with Crippen LogP contribution in [0.1, 0.15) is 46.5 Å². The second kappa shape index (κ2) is 8.25. The summed E-state index contributed by atoms with van der Waals surface area (Å²) in [6.07, 6.45) is 4.38. The van der Waals surface area contributed by atoms with Crippen LogP contribution in [-0.2, 0) is 0 Å². The lowest BCUT2D eigenvalue weighted by Gasteiger charge is -2.25. The van der Waals surface area contributed by atoms with Crippen molar-refractivity contribution in [2.75, 3.05) is 13.2 Å². The predicted molar refractivity (Wildman–Crippen MR) is 60.1 cm³/mol. The molecule has 14 heavy (non-hydrogen) atoms. The van der Waals surface area contributed by atoms with Crippen LogP contribution in [0.4, 0.5) is 0 Å². The molecule has 0 aromatic carbocycles. The summed E-state index contributed by atoms with van der Waals surface area (Å²) in [5.74, 6) is 1.18. The summed E-state index contributed by atoms with van der Waals surface area (Å²) in [4.78, 5) is 0. The van der Waals surface area contributed by atoms with Crippen LogP contribution in [0.15, 0.2) is 0 Å². The van der Waals surface area contributed by atoms with Crippen LogP contribution in [0.2, 0.25) is 0 Å². The van der Waals surface area contributed by atoms with Crippen LogP contribution in [0.25, 0.3) is 0 Å². The van der Waals surface area contributed by atoms with Gasteiger partial charge in [0.2, 0.25) is 0 Å². The molecule has 0 aliphatic carbocycles. The zero-order chi connectivity index (χ0) is 11.0. The largest absolute Gasteiger partial charge is 0.396 e. The highest BCUT2D eigenvalue weighted by Gasteiger charge is 2.20. The van der Waals surface area contributed by atoms with Crippen LogP contribution in [-0.4, -0.2) is 23.4 Å². The number of rotatable bonds is 8. The number of unbranched alkanes of at least 4 members (excludes halogenated alkanes) is 1. The van der Waals surface area contributed by atoms with E-state index in [0.29, 0.717) is 11.8 Å². The minimum Gasteiger partial charge on any atom is -0.396 e. The van der Waals surface area contributed by atoms with Gasteiger partial charge in [0.1, 0.15) is 0 Å². The number of hydrogen-bond acceptors (Lipinski definition) is 2. The van der Waals surface area contributed by atoms with Gasteiger partial charge in [-0.15, -0.1) is 0 Å². The molecule has 2 heteroatoms. The van der Waals surface area contributed by atoms with Gasteiger partial charge in [0.05, 0.1) is 0 Å². The maximum atomic E-state index is 9.26. The van der Waals surface area contributed by atoms with Gasteiger partial charge < -0.3 is 10.2 Å². The zero-order valence-corrected chi connectivity index (χ0v) is 9.87. The Morgan fingerprint density at radius 3 is 1.93 bits per heavy atom. The smallest absolute Gasteiger partial charge is 0.0462 e. The molecule has 86 valence electrons. The first kappa shape index (κ1) is 13.9. The van der Waals surface area contributed by atoms with Gasteiger partial charge in [-0.3, -0.25) is 0 Å². The highest BCUT2D eigenvalue weighted by atomic mass is 16.3. The Morgan fingerprint density at radius 2 is 1.57 bits per heavy atom. The molecule has 0 radical (unpaired) electrons. The SMILES string of the molecule is CCCCC(CO)C(CO)CC(C)C. The third kappa shape index (κ3) is 5.61. The summed E-state index contributed by atoms with van der Waals surface area (Å²) in [5.41, 5.74) is 0. The molecule has 2 nitrogen and oxygen atoms in total. The molecule has 2 N–H and O–H groups in total. The molecule has 0 aliphatic heterocycles. The van der Waals surface area contributed by atoms with E-state index in [0.717, 1.165) is 25.7 Å². The Labute approximate surface area is 88.3 Å². The fourth-order valence-corrected chi connectivity index (χ4v) is 1.96. The van der Waals surface area contributed by atoms with Gasteiger partial charge in [0.15, 0.2) is 0 Å². The standard InChI is InChI=1S/C12H26O2/c1-4-5-6-11(8-13)12(9-14)7-10(2)3/h10-14H,4-9H2,1-3H3. The second-order valence-electron chi connectivity index (χ2n) is 4.66. The number of hydrogen-bond donors (Lipinski definition) is 2. The van der Waals surface area contributed by atoms with E-state index in [2.05, 4.69) is 20.8 Å². The Hall–Kier alpha value is -0.0800. The Bertz CT molecular complexity index is 123. The summed E-state index contributed by atoms with van der Waals surface area (Å²) in [6.45, 7) is 6.92. The minimum absolute atomic E-state index is 0.215. The summed E-state index contributed by atoms with van der Waals surface area (Å²) in [6, 6.07) is 0. The van der Waals surface area contributed by atoms with Crippen molar-refractivity contribution in [2.24, 2.45) is 17.8 Å². The molecule has 0 aliphatic rings. The zero-order valence-electron chi connectivity index (χ0n) is 9.87. The van der Waals surface area contributed by atoms with Gasteiger partial charge in [-0.2, -0.15) is 0 Å². The Kier molecular flexibility index (Phi) is 8.20. The van der Waals surface area contributed by atoms with E-state index in [9.17, 15) is 10.2 Å². The van der Waals surface area contributed by atoms with Gasteiger partial charge >= 0.3 is 0 Å². The van der Waals surface area contributed by atoms with Crippen molar-refractivity contribution in [1.82, 2.24) is 0 Å². The van der Waals surface area contributed by atoms with E-state index in [1.165, 1.54) is 0 Å². The van der Waals surface area contributed by atoms with Crippen LogP contribution in [0, 0.1) is 17.8 Å². The topological polar surface area (TPSA) is 40.5 Å². The van der Waals surface area contributed by atoms with E-state index in [1.807, 2.05) is 0 Å². The molecule has 0 bridgehead atoms. The van der Waals surface area contributed by atoms with Gasteiger partial charge in [-0.1, -0.05) is 33.6 Å². The quantitative estimate of drug-likeness (QED) is 0.634. The van der Waals surface area contributed by atoms with Crippen molar-refractivity contribution < 1.29 is 10.2 Å². The van der Waals surface area contributed by atoms with Crippen LogP contribution in [0.3, 0.4) is 0 Å². The monoisotopic (exact) mass is 202 g/mol. The van der Waals surface area contributed by atoms with Crippen molar-refractivity contribution in [2.45, 2.75) is 46.5 Å². The van der Waals surface area contributed by atoms with Gasteiger partial charge in [-0.05, 0) is 30.6 Å². The number of aliphatic hydroxyl groups excluding tert-OH is 2. The molecule has 0 saturated carbocycles. The van der Waals surface area contributed by atoms with E-state index < -0.39 is 0 Å². The molecule has 0 heterocycles. The lowest BCUT2D eigenvalue weighted by atomic mass is 9.83. The molecule has 2 unspecified atom stereocenters. The molecule has 0 rings (SSSR count). The summed E-state index contributed by atoms with van der Waals surface area (Å²) in [5, 5.41) is 18.5. The van der Waals surface area contributed by atoms with Crippen LogP contribution >= 0.6 is 0 Å². The van der Waals surface area contributed by atoms with Crippen molar-refractivity contribution in [3.8, 4) is 0 Å².